The van der Waals surface area contributed by atoms with E-state index in [1.165, 1.54) is 12.1 Å². The fourth-order valence-corrected chi connectivity index (χ4v) is 1.26. The van der Waals surface area contributed by atoms with Gasteiger partial charge < -0.3 is 4.74 Å². The van der Waals surface area contributed by atoms with E-state index >= 15 is 0 Å². The first kappa shape index (κ1) is 12.0. The van der Waals surface area contributed by atoms with Crippen LogP contribution in [0.5, 0.6) is 5.75 Å². The first-order valence-electron chi connectivity index (χ1n) is 4.21. The van der Waals surface area contributed by atoms with Crippen molar-refractivity contribution in [3.63, 3.8) is 0 Å². The molecule has 0 radical (unpaired) electrons. The van der Waals surface area contributed by atoms with Gasteiger partial charge in [-0.1, -0.05) is 24.4 Å². The third-order valence-corrected chi connectivity index (χ3v) is 1.75. The lowest BCUT2D eigenvalue weighted by molar-refractivity contribution is -0.274. The Morgan fingerprint density at radius 3 is 2.20 bits per heavy atom. The number of thiocarbonyl (C=S) groups is 1. The van der Waals surface area contributed by atoms with Crippen LogP contribution < -0.4 is 4.74 Å². The van der Waals surface area contributed by atoms with Crippen molar-refractivity contribution in [3.05, 3.63) is 29.8 Å². The Bertz CT molecular complexity index is 343. The number of benzene rings is 1. The van der Waals surface area contributed by atoms with Crippen molar-refractivity contribution in [2.75, 3.05) is 0 Å². The molecule has 0 saturated carbocycles. The van der Waals surface area contributed by atoms with Crippen LogP contribution in [0.4, 0.5) is 13.2 Å². The van der Waals surface area contributed by atoms with Crippen LogP contribution in [0.2, 0.25) is 0 Å². The van der Waals surface area contributed by atoms with E-state index in [4.69, 9.17) is 12.2 Å². The zero-order valence-electron chi connectivity index (χ0n) is 7.97. The molecule has 1 aromatic rings. The third kappa shape index (κ3) is 4.78. The second-order valence-electron chi connectivity index (χ2n) is 3.07. The topological polar surface area (TPSA) is 9.23 Å². The largest absolute Gasteiger partial charge is 0.573 e. The van der Waals surface area contributed by atoms with Gasteiger partial charge in [0.05, 0.1) is 0 Å². The van der Waals surface area contributed by atoms with Crippen LogP contribution in [0.1, 0.15) is 12.5 Å². The molecule has 0 amide bonds. The average Bonchev–Trinajstić information content (AvgIpc) is 2.05. The highest BCUT2D eigenvalue weighted by molar-refractivity contribution is 7.80. The van der Waals surface area contributed by atoms with Crippen LogP contribution in [0, 0.1) is 0 Å². The monoisotopic (exact) mass is 234 g/mol. The molecular formula is C10H9F3OS. The first-order chi connectivity index (χ1) is 6.87. The van der Waals surface area contributed by atoms with Crippen LogP contribution in [0.15, 0.2) is 24.3 Å². The Labute approximate surface area is 90.9 Å². The predicted molar refractivity (Wildman–Crippen MR) is 55.1 cm³/mol. The Morgan fingerprint density at radius 2 is 1.80 bits per heavy atom. The summed E-state index contributed by atoms with van der Waals surface area (Å²) in [6.45, 7) is 1.79. The Balaban J connectivity index is 2.68. The Morgan fingerprint density at radius 1 is 1.27 bits per heavy atom. The number of halogens is 3. The van der Waals surface area contributed by atoms with Gasteiger partial charge in [0.25, 0.3) is 0 Å². The minimum Gasteiger partial charge on any atom is -0.406 e. The van der Waals surface area contributed by atoms with E-state index in [9.17, 15) is 13.2 Å². The van der Waals surface area contributed by atoms with Gasteiger partial charge in [0.2, 0.25) is 0 Å². The van der Waals surface area contributed by atoms with E-state index in [0.29, 0.717) is 6.42 Å². The van der Waals surface area contributed by atoms with E-state index in [2.05, 4.69) is 4.74 Å². The molecule has 0 bridgehead atoms. The molecular weight excluding hydrogens is 225 g/mol. The molecule has 1 aromatic carbocycles. The van der Waals surface area contributed by atoms with Crippen molar-refractivity contribution < 1.29 is 17.9 Å². The molecule has 0 heterocycles. The maximum absolute atomic E-state index is 11.8. The van der Waals surface area contributed by atoms with Crippen molar-refractivity contribution >= 4 is 17.1 Å². The molecule has 1 rings (SSSR count). The van der Waals surface area contributed by atoms with Crippen LogP contribution in [0.25, 0.3) is 0 Å². The summed E-state index contributed by atoms with van der Waals surface area (Å²) in [7, 11) is 0. The summed E-state index contributed by atoms with van der Waals surface area (Å²) in [5.41, 5.74) is 0.872. The molecule has 15 heavy (non-hydrogen) atoms. The van der Waals surface area contributed by atoms with Crippen molar-refractivity contribution in [2.24, 2.45) is 0 Å². The molecule has 0 unspecified atom stereocenters. The van der Waals surface area contributed by atoms with Crippen LogP contribution >= 0.6 is 12.2 Å². The molecule has 0 N–H and O–H groups in total. The Kier molecular flexibility index (Phi) is 3.68. The molecule has 0 spiro atoms. The highest BCUT2D eigenvalue weighted by Crippen LogP contribution is 2.22. The third-order valence-electron chi connectivity index (χ3n) is 1.61. The maximum Gasteiger partial charge on any atom is 0.573 e. The normalized spacial score (nSPS) is 11.2. The number of ether oxygens (including phenoxy) is 1. The average molecular weight is 234 g/mol. The lowest BCUT2D eigenvalue weighted by Crippen LogP contribution is -2.17. The SMILES string of the molecule is CC(=S)Cc1ccc(OC(F)(F)F)cc1. The smallest absolute Gasteiger partial charge is 0.406 e. The molecule has 5 heteroatoms. The zero-order valence-corrected chi connectivity index (χ0v) is 8.78. The summed E-state index contributed by atoms with van der Waals surface area (Å²) >= 11 is 4.89. The van der Waals surface area contributed by atoms with Crippen molar-refractivity contribution in [2.45, 2.75) is 19.7 Å². The van der Waals surface area contributed by atoms with Gasteiger partial charge in [0, 0.05) is 6.42 Å². The molecule has 0 aliphatic heterocycles. The van der Waals surface area contributed by atoms with Gasteiger partial charge in [-0.05, 0) is 29.5 Å². The zero-order chi connectivity index (χ0) is 11.5. The highest BCUT2D eigenvalue weighted by atomic mass is 32.1. The lowest BCUT2D eigenvalue weighted by Gasteiger charge is -2.08. The van der Waals surface area contributed by atoms with E-state index in [0.717, 1.165) is 10.4 Å². The summed E-state index contributed by atoms with van der Waals surface area (Å²) in [4.78, 5) is 0.791. The number of rotatable bonds is 3. The van der Waals surface area contributed by atoms with E-state index < -0.39 is 6.36 Å². The standard InChI is InChI=1S/C10H9F3OS/c1-7(15)6-8-2-4-9(5-3-8)14-10(11,12)13/h2-5H,6H2,1H3. The second kappa shape index (κ2) is 4.61. The summed E-state index contributed by atoms with van der Waals surface area (Å²) < 4.78 is 39.2. The summed E-state index contributed by atoms with van der Waals surface area (Å²) in [6, 6.07) is 5.69. The highest BCUT2D eigenvalue weighted by Gasteiger charge is 2.30. The van der Waals surface area contributed by atoms with E-state index in [1.807, 2.05) is 0 Å². The van der Waals surface area contributed by atoms with Crippen LogP contribution in [-0.4, -0.2) is 11.2 Å². The molecule has 0 aromatic heterocycles. The number of hydrogen-bond acceptors (Lipinski definition) is 2. The van der Waals surface area contributed by atoms with Crippen LogP contribution in [-0.2, 0) is 6.42 Å². The summed E-state index contributed by atoms with van der Waals surface area (Å²) in [5, 5.41) is 0. The summed E-state index contributed by atoms with van der Waals surface area (Å²) in [6.07, 6.45) is -4.05. The molecule has 1 nitrogen and oxygen atoms in total. The summed E-state index contributed by atoms with van der Waals surface area (Å²) in [5.74, 6) is -0.215. The van der Waals surface area contributed by atoms with Gasteiger partial charge in [-0.15, -0.1) is 13.2 Å². The minimum absolute atomic E-state index is 0.215. The molecule has 82 valence electrons. The fraction of sp³-hybridized carbons (Fsp3) is 0.300. The molecule has 0 saturated heterocycles. The van der Waals surface area contributed by atoms with Crippen molar-refractivity contribution in [1.29, 1.82) is 0 Å². The first-order valence-corrected chi connectivity index (χ1v) is 4.62. The van der Waals surface area contributed by atoms with Crippen molar-refractivity contribution in [1.82, 2.24) is 0 Å². The maximum atomic E-state index is 11.8. The predicted octanol–water partition coefficient (Wildman–Crippen LogP) is 3.52. The van der Waals surface area contributed by atoms with Gasteiger partial charge in [-0.2, -0.15) is 0 Å². The van der Waals surface area contributed by atoms with Crippen LogP contribution in [0.3, 0.4) is 0 Å². The molecule has 0 aliphatic rings. The lowest BCUT2D eigenvalue weighted by atomic mass is 10.1. The quantitative estimate of drug-likeness (QED) is 0.740. The fourth-order valence-electron chi connectivity index (χ4n) is 1.10. The van der Waals surface area contributed by atoms with Gasteiger partial charge in [-0.25, -0.2) is 0 Å². The number of hydrogen-bond donors (Lipinski definition) is 0. The molecule has 0 aliphatic carbocycles. The minimum atomic E-state index is -4.64. The number of alkyl halides is 3. The second-order valence-corrected chi connectivity index (χ2v) is 3.77. The Hall–Kier alpha value is -1.10. The van der Waals surface area contributed by atoms with Gasteiger partial charge in [0.1, 0.15) is 5.75 Å². The molecule has 0 atom stereocenters. The van der Waals surface area contributed by atoms with Crippen molar-refractivity contribution in [3.8, 4) is 5.75 Å². The van der Waals surface area contributed by atoms with Gasteiger partial charge in [0.15, 0.2) is 0 Å². The van der Waals surface area contributed by atoms with E-state index in [1.54, 1.807) is 19.1 Å². The van der Waals surface area contributed by atoms with Gasteiger partial charge in [-0.3, -0.25) is 0 Å². The van der Waals surface area contributed by atoms with Gasteiger partial charge >= 0.3 is 6.36 Å². The molecule has 0 fully saturated rings. The van der Waals surface area contributed by atoms with E-state index in [-0.39, 0.29) is 5.75 Å².